The van der Waals surface area contributed by atoms with Gasteiger partial charge in [-0.05, 0) is 5.41 Å². The van der Waals surface area contributed by atoms with Gasteiger partial charge in [0.1, 0.15) is 0 Å². The van der Waals surface area contributed by atoms with Crippen molar-refractivity contribution in [2.24, 2.45) is 5.41 Å². The molecule has 0 saturated carbocycles. The highest BCUT2D eigenvalue weighted by Gasteiger charge is 2.37. The molecule has 0 aromatic heterocycles. The first kappa shape index (κ1) is 12.1. The van der Waals surface area contributed by atoms with Crippen LogP contribution in [0.5, 0.6) is 0 Å². The lowest BCUT2D eigenvalue weighted by Crippen LogP contribution is -2.32. The number of hydrogen-bond acceptors (Lipinski definition) is 0. The average Bonchev–Trinajstić information content (AvgIpc) is 2.15. The van der Waals surface area contributed by atoms with Crippen LogP contribution < -0.4 is 0 Å². The van der Waals surface area contributed by atoms with E-state index in [0.717, 1.165) is 12.8 Å². The summed E-state index contributed by atoms with van der Waals surface area (Å²) < 4.78 is 0. The van der Waals surface area contributed by atoms with Gasteiger partial charge in [-0.25, -0.2) is 0 Å². The van der Waals surface area contributed by atoms with E-state index in [4.69, 9.17) is 7.85 Å². The molecule has 0 spiro atoms. The van der Waals surface area contributed by atoms with Crippen LogP contribution in [0, 0.1) is 5.41 Å². The molecule has 2 radical (unpaired) electrons. The summed E-state index contributed by atoms with van der Waals surface area (Å²) in [6, 6.07) is 0. The largest absolute Gasteiger partial charge is 0.0753 e. The molecule has 0 fully saturated rings. The lowest BCUT2D eigenvalue weighted by Gasteiger charge is -2.46. The second-order valence-corrected chi connectivity index (χ2v) is 4.13. The molecule has 1 heteroatoms. The Kier molecular flexibility index (Phi) is 4.37. The van der Waals surface area contributed by atoms with E-state index < -0.39 is 0 Å². The van der Waals surface area contributed by atoms with E-state index in [1.165, 1.54) is 12.8 Å². The topological polar surface area (TPSA) is 0 Å². The van der Waals surface area contributed by atoms with Crippen LogP contribution in [-0.2, 0) is 0 Å². The van der Waals surface area contributed by atoms with Crippen LogP contribution >= 0.6 is 0 Å². The van der Waals surface area contributed by atoms with Gasteiger partial charge in [0.15, 0.2) is 0 Å². The van der Waals surface area contributed by atoms with Crippen molar-refractivity contribution < 1.29 is 0 Å². The maximum absolute atomic E-state index is 6.40. The predicted molar refractivity (Wildman–Crippen MR) is 57.7 cm³/mol. The average molecular weight is 166 g/mol. The van der Waals surface area contributed by atoms with E-state index in [9.17, 15) is 0 Å². The minimum absolute atomic E-state index is 0.0382. The minimum Gasteiger partial charge on any atom is -0.0655 e. The van der Waals surface area contributed by atoms with Crippen molar-refractivity contribution in [2.75, 3.05) is 0 Å². The molecule has 0 rings (SSSR count). The van der Waals surface area contributed by atoms with Crippen LogP contribution in [0.4, 0.5) is 0 Å². The van der Waals surface area contributed by atoms with Crippen molar-refractivity contribution in [1.29, 1.82) is 0 Å². The maximum atomic E-state index is 6.40. The Bertz CT molecular complexity index is 105. The summed E-state index contributed by atoms with van der Waals surface area (Å²) in [5.74, 6) is 0. The molecule has 0 aliphatic heterocycles. The third kappa shape index (κ3) is 1.86. The molecule has 12 heavy (non-hydrogen) atoms. The normalized spacial score (nSPS) is 13.4. The van der Waals surface area contributed by atoms with Gasteiger partial charge in [0.25, 0.3) is 0 Å². The highest BCUT2D eigenvalue weighted by atomic mass is 14.4. The predicted octanol–water partition coefficient (Wildman–Crippen LogP) is 3.96. The number of rotatable bonds is 5. The number of hydrogen-bond donors (Lipinski definition) is 0. The molecule has 0 N–H and O–H groups in total. The zero-order valence-corrected chi connectivity index (χ0v) is 9.41. The first-order valence-corrected chi connectivity index (χ1v) is 5.28. The van der Waals surface area contributed by atoms with Crippen LogP contribution in [-0.4, -0.2) is 7.85 Å². The van der Waals surface area contributed by atoms with E-state index >= 15 is 0 Å². The Morgan fingerprint density at radius 1 is 0.833 bits per heavy atom. The molecular formula is C11H23B. The van der Waals surface area contributed by atoms with Crippen molar-refractivity contribution in [1.82, 2.24) is 0 Å². The van der Waals surface area contributed by atoms with Gasteiger partial charge < -0.3 is 0 Å². The van der Waals surface area contributed by atoms with Crippen molar-refractivity contribution in [3.05, 3.63) is 0 Å². The van der Waals surface area contributed by atoms with Crippen molar-refractivity contribution in [3.63, 3.8) is 0 Å². The molecule has 0 aliphatic rings. The molecule has 0 atom stereocenters. The van der Waals surface area contributed by atoms with E-state index in [1.54, 1.807) is 0 Å². The van der Waals surface area contributed by atoms with Gasteiger partial charge in [0, 0.05) is 0 Å². The van der Waals surface area contributed by atoms with E-state index in [0.29, 0.717) is 5.41 Å². The quantitative estimate of drug-likeness (QED) is 0.542. The first-order valence-electron chi connectivity index (χ1n) is 5.28. The van der Waals surface area contributed by atoms with Gasteiger partial charge in [-0.2, -0.15) is 0 Å². The van der Waals surface area contributed by atoms with Crippen LogP contribution in [0.1, 0.15) is 60.3 Å². The second kappa shape index (κ2) is 4.34. The zero-order chi connectivity index (χ0) is 9.83. The minimum atomic E-state index is 0.0382. The fourth-order valence-corrected chi connectivity index (χ4v) is 2.06. The molecule has 0 aliphatic carbocycles. The zero-order valence-electron chi connectivity index (χ0n) is 9.41. The van der Waals surface area contributed by atoms with Gasteiger partial charge in [-0.1, -0.05) is 65.6 Å². The molecule has 70 valence electrons. The van der Waals surface area contributed by atoms with Crippen molar-refractivity contribution in [3.8, 4) is 0 Å². The molecule has 0 unspecified atom stereocenters. The monoisotopic (exact) mass is 166 g/mol. The lowest BCUT2D eigenvalue weighted by molar-refractivity contribution is 0.175. The molecule has 0 aromatic rings. The Labute approximate surface area is 79.5 Å². The van der Waals surface area contributed by atoms with Crippen LogP contribution in [0.25, 0.3) is 0 Å². The smallest absolute Gasteiger partial charge is 0.0655 e. The van der Waals surface area contributed by atoms with E-state index in [1.807, 2.05) is 0 Å². The third-order valence-electron chi connectivity index (χ3n) is 4.02. The molecule has 0 amide bonds. The SMILES string of the molecule is [B]C(CC)(CC)C(C)(CC)CC. The Morgan fingerprint density at radius 2 is 1.17 bits per heavy atom. The standard InChI is InChI=1S/C11H23B/c1-6-10(5,7-2)11(12,8-3)9-4/h6-9H2,1-5H3. The molecule has 0 heterocycles. The van der Waals surface area contributed by atoms with Crippen molar-refractivity contribution in [2.45, 2.75) is 65.6 Å². The van der Waals surface area contributed by atoms with Gasteiger partial charge in [-0.3, -0.25) is 0 Å². The van der Waals surface area contributed by atoms with Gasteiger partial charge in [-0.15, -0.1) is 0 Å². The summed E-state index contributed by atoms with van der Waals surface area (Å²) >= 11 is 0. The Balaban J connectivity index is 4.66. The summed E-state index contributed by atoms with van der Waals surface area (Å²) in [6.07, 6.45) is 4.53. The van der Waals surface area contributed by atoms with Crippen LogP contribution in [0.2, 0.25) is 5.31 Å². The summed E-state index contributed by atoms with van der Waals surface area (Å²) in [4.78, 5) is 0. The fraction of sp³-hybridized carbons (Fsp3) is 1.00. The summed E-state index contributed by atoms with van der Waals surface area (Å²) in [5, 5.41) is 0.0382. The second-order valence-electron chi connectivity index (χ2n) is 4.13. The Morgan fingerprint density at radius 3 is 1.25 bits per heavy atom. The van der Waals surface area contributed by atoms with Crippen LogP contribution in [0.15, 0.2) is 0 Å². The van der Waals surface area contributed by atoms with Crippen LogP contribution in [0.3, 0.4) is 0 Å². The van der Waals surface area contributed by atoms with Gasteiger partial charge in [0.05, 0.1) is 7.85 Å². The first-order chi connectivity index (χ1) is 5.49. The molecule has 0 saturated heterocycles. The highest BCUT2D eigenvalue weighted by molar-refractivity contribution is 6.15. The summed E-state index contributed by atoms with van der Waals surface area (Å²) in [6.45, 7) is 11.2. The maximum Gasteiger partial charge on any atom is 0.0753 e. The Hall–Kier alpha value is 0.0649. The summed E-state index contributed by atoms with van der Waals surface area (Å²) in [5.41, 5.74) is 0.316. The van der Waals surface area contributed by atoms with E-state index in [2.05, 4.69) is 34.6 Å². The lowest BCUT2D eigenvalue weighted by atomic mass is 9.48. The van der Waals surface area contributed by atoms with E-state index in [-0.39, 0.29) is 5.31 Å². The molecule has 0 nitrogen and oxygen atoms in total. The fourth-order valence-electron chi connectivity index (χ4n) is 2.06. The molecular weight excluding hydrogens is 143 g/mol. The van der Waals surface area contributed by atoms with Gasteiger partial charge in [0.2, 0.25) is 0 Å². The summed E-state index contributed by atoms with van der Waals surface area (Å²) in [7, 11) is 6.40. The molecule has 0 aromatic carbocycles. The molecule has 0 bridgehead atoms. The highest BCUT2D eigenvalue weighted by Crippen LogP contribution is 2.52. The third-order valence-corrected chi connectivity index (χ3v) is 4.02. The van der Waals surface area contributed by atoms with Crippen molar-refractivity contribution >= 4 is 7.85 Å². The van der Waals surface area contributed by atoms with Gasteiger partial charge >= 0.3 is 0 Å².